The van der Waals surface area contributed by atoms with Crippen LogP contribution < -0.4 is 5.73 Å². The minimum Gasteiger partial charge on any atom is -0.457 e. The number of rotatable bonds is 22. The molecular formula is C23H44NO7P. The molecule has 0 aliphatic carbocycles. The van der Waals surface area contributed by atoms with Gasteiger partial charge in [-0.05, 0) is 25.7 Å². The molecule has 2 atom stereocenters. The molecule has 0 fully saturated rings. The zero-order valence-corrected chi connectivity index (χ0v) is 20.6. The molecule has 0 bridgehead atoms. The van der Waals surface area contributed by atoms with Crippen molar-refractivity contribution in [2.24, 2.45) is 5.73 Å². The van der Waals surface area contributed by atoms with E-state index < -0.39 is 33.1 Å². The van der Waals surface area contributed by atoms with E-state index in [0.29, 0.717) is 6.42 Å². The van der Waals surface area contributed by atoms with Crippen LogP contribution in [0.25, 0.3) is 0 Å². The van der Waals surface area contributed by atoms with Gasteiger partial charge in [0.1, 0.15) is 6.10 Å². The van der Waals surface area contributed by atoms with E-state index in [0.717, 1.165) is 12.8 Å². The summed E-state index contributed by atoms with van der Waals surface area (Å²) in [6, 6.07) is 0. The molecule has 0 saturated carbocycles. The number of phosphoric acid groups is 1. The van der Waals surface area contributed by atoms with E-state index in [-0.39, 0.29) is 19.6 Å². The summed E-state index contributed by atoms with van der Waals surface area (Å²) in [6.07, 6.45) is 20.4. The fourth-order valence-electron chi connectivity index (χ4n) is 2.86. The Morgan fingerprint density at radius 2 is 1.59 bits per heavy atom. The molecule has 2 unspecified atom stereocenters. The van der Waals surface area contributed by atoms with Crippen molar-refractivity contribution in [1.82, 2.24) is 0 Å². The Hall–Kier alpha value is -1.02. The number of hydrogen-bond donors (Lipinski definition) is 3. The van der Waals surface area contributed by atoms with Crippen molar-refractivity contribution in [3.8, 4) is 0 Å². The van der Waals surface area contributed by atoms with Gasteiger partial charge in [0.25, 0.3) is 0 Å². The van der Waals surface area contributed by atoms with E-state index >= 15 is 0 Å². The third-order valence-corrected chi connectivity index (χ3v) is 5.63. The third-order valence-electron chi connectivity index (χ3n) is 4.64. The average Bonchev–Trinajstić information content (AvgIpc) is 2.77. The first-order chi connectivity index (χ1) is 15.4. The Labute approximate surface area is 193 Å². The highest BCUT2D eigenvalue weighted by molar-refractivity contribution is 7.47. The Morgan fingerprint density at radius 3 is 2.22 bits per heavy atom. The van der Waals surface area contributed by atoms with Gasteiger partial charge in [0.15, 0.2) is 0 Å². The van der Waals surface area contributed by atoms with Crippen molar-refractivity contribution < 1.29 is 33.1 Å². The number of carbonyl (C=O) groups excluding carboxylic acids is 1. The molecule has 32 heavy (non-hydrogen) atoms. The predicted octanol–water partition coefficient (Wildman–Crippen LogP) is 4.80. The molecule has 0 rings (SSSR count). The van der Waals surface area contributed by atoms with Crippen molar-refractivity contribution in [3.05, 3.63) is 24.3 Å². The zero-order valence-electron chi connectivity index (χ0n) is 19.7. The minimum absolute atomic E-state index is 0.0644. The number of ether oxygens (including phenoxy) is 1. The van der Waals surface area contributed by atoms with Crippen LogP contribution in [-0.2, 0) is 23.1 Å². The van der Waals surface area contributed by atoms with Crippen molar-refractivity contribution in [2.45, 2.75) is 90.1 Å². The molecule has 0 spiro atoms. The van der Waals surface area contributed by atoms with Crippen molar-refractivity contribution >= 4 is 13.8 Å². The zero-order chi connectivity index (χ0) is 23.9. The van der Waals surface area contributed by atoms with Crippen LogP contribution in [0.2, 0.25) is 0 Å². The Kier molecular flexibility index (Phi) is 21.1. The van der Waals surface area contributed by atoms with Gasteiger partial charge in [-0.3, -0.25) is 13.8 Å². The molecule has 0 radical (unpaired) electrons. The number of hydrogen-bond acceptors (Lipinski definition) is 7. The SMILES string of the molecule is CCCCCCCCCC/C=C\C/C=C\CCC(=O)OC(CO)COP(=O)(O)OCCN. The summed E-state index contributed by atoms with van der Waals surface area (Å²) in [5, 5.41) is 9.24. The number of phosphoric ester groups is 1. The van der Waals surface area contributed by atoms with Crippen LogP contribution in [0.15, 0.2) is 24.3 Å². The quantitative estimate of drug-likeness (QED) is 0.0878. The molecule has 0 aromatic rings. The number of aliphatic hydroxyl groups excluding tert-OH is 1. The highest BCUT2D eigenvalue weighted by atomic mass is 31.2. The topological polar surface area (TPSA) is 128 Å². The van der Waals surface area contributed by atoms with Gasteiger partial charge in [-0.1, -0.05) is 76.2 Å². The normalized spacial score (nSPS) is 14.8. The van der Waals surface area contributed by atoms with Gasteiger partial charge in [-0.2, -0.15) is 0 Å². The molecule has 0 amide bonds. The van der Waals surface area contributed by atoms with Gasteiger partial charge in [-0.15, -0.1) is 0 Å². The van der Waals surface area contributed by atoms with E-state index in [2.05, 4.69) is 23.6 Å². The van der Waals surface area contributed by atoms with Crippen LogP contribution in [0.1, 0.15) is 84.0 Å². The molecule has 8 nitrogen and oxygen atoms in total. The summed E-state index contributed by atoms with van der Waals surface area (Å²) in [5.41, 5.74) is 5.18. The molecule has 0 heterocycles. The second-order valence-corrected chi connectivity index (χ2v) is 9.11. The van der Waals surface area contributed by atoms with E-state index in [1.807, 2.05) is 12.2 Å². The highest BCUT2D eigenvalue weighted by Crippen LogP contribution is 2.42. The lowest BCUT2D eigenvalue weighted by Gasteiger charge is -2.17. The summed E-state index contributed by atoms with van der Waals surface area (Å²) >= 11 is 0. The molecule has 0 aliphatic rings. The van der Waals surface area contributed by atoms with Gasteiger partial charge < -0.3 is 20.5 Å². The fourth-order valence-corrected chi connectivity index (χ4v) is 3.62. The molecule has 4 N–H and O–H groups in total. The van der Waals surface area contributed by atoms with Crippen molar-refractivity contribution in [3.63, 3.8) is 0 Å². The first kappa shape index (κ1) is 31.0. The maximum Gasteiger partial charge on any atom is 0.472 e. The molecule has 0 aliphatic heterocycles. The van der Waals surface area contributed by atoms with Gasteiger partial charge in [0.05, 0.1) is 19.8 Å². The number of aliphatic hydroxyl groups is 1. The van der Waals surface area contributed by atoms with E-state index in [1.54, 1.807) is 0 Å². The molecular weight excluding hydrogens is 433 g/mol. The monoisotopic (exact) mass is 477 g/mol. The molecule has 0 aromatic heterocycles. The van der Waals surface area contributed by atoms with Crippen LogP contribution in [-0.4, -0.2) is 48.4 Å². The number of nitrogens with two attached hydrogens (primary N) is 1. The predicted molar refractivity (Wildman–Crippen MR) is 127 cm³/mol. The number of unbranched alkanes of at least 4 members (excludes halogenated alkanes) is 8. The second kappa shape index (κ2) is 21.8. The largest absolute Gasteiger partial charge is 0.472 e. The first-order valence-corrected chi connectivity index (χ1v) is 13.4. The minimum atomic E-state index is -4.27. The Morgan fingerprint density at radius 1 is 0.969 bits per heavy atom. The maximum absolute atomic E-state index is 11.8. The third kappa shape index (κ3) is 20.9. The summed E-state index contributed by atoms with van der Waals surface area (Å²) in [5.74, 6) is -0.516. The summed E-state index contributed by atoms with van der Waals surface area (Å²) in [7, 11) is -4.27. The smallest absolute Gasteiger partial charge is 0.457 e. The number of esters is 1. The lowest BCUT2D eigenvalue weighted by Crippen LogP contribution is -2.27. The Balaban J connectivity index is 3.76. The fraction of sp³-hybridized carbons (Fsp3) is 0.783. The summed E-state index contributed by atoms with van der Waals surface area (Å²) < 4.78 is 25.8. The maximum atomic E-state index is 11.8. The van der Waals surface area contributed by atoms with E-state index in [9.17, 15) is 19.4 Å². The van der Waals surface area contributed by atoms with Crippen LogP contribution in [0.5, 0.6) is 0 Å². The summed E-state index contributed by atoms with van der Waals surface area (Å²) in [6.45, 7) is 1.19. The molecule has 188 valence electrons. The highest BCUT2D eigenvalue weighted by Gasteiger charge is 2.24. The van der Waals surface area contributed by atoms with Gasteiger partial charge in [0, 0.05) is 13.0 Å². The van der Waals surface area contributed by atoms with Crippen LogP contribution in [0.3, 0.4) is 0 Å². The second-order valence-electron chi connectivity index (χ2n) is 7.66. The van der Waals surface area contributed by atoms with Crippen LogP contribution in [0.4, 0.5) is 0 Å². The van der Waals surface area contributed by atoms with Crippen LogP contribution in [0, 0.1) is 0 Å². The lowest BCUT2D eigenvalue weighted by atomic mass is 10.1. The van der Waals surface area contributed by atoms with Gasteiger partial charge in [0.2, 0.25) is 0 Å². The number of allylic oxidation sites excluding steroid dienone is 4. The van der Waals surface area contributed by atoms with E-state index in [4.69, 9.17) is 15.0 Å². The van der Waals surface area contributed by atoms with E-state index in [1.165, 1.54) is 51.4 Å². The van der Waals surface area contributed by atoms with Crippen LogP contribution >= 0.6 is 7.82 Å². The van der Waals surface area contributed by atoms with Crippen molar-refractivity contribution in [2.75, 3.05) is 26.4 Å². The molecule has 0 aromatic carbocycles. The summed E-state index contributed by atoms with van der Waals surface area (Å²) in [4.78, 5) is 21.2. The first-order valence-electron chi connectivity index (χ1n) is 11.9. The molecule has 9 heteroatoms. The molecule has 0 saturated heterocycles. The van der Waals surface area contributed by atoms with Gasteiger partial charge in [-0.25, -0.2) is 4.57 Å². The van der Waals surface area contributed by atoms with Gasteiger partial charge >= 0.3 is 13.8 Å². The average molecular weight is 478 g/mol. The number of carbonyl (C=O) groups is 1. The van der Waals surface area contributed by atoms with Crippen molar-refractivity contribution in [1.29, 1.82) is 0 Å². The Bertz CT molecular complexity index is 554. The standard InChI is InChI=1S/C23H44NO7P/c1-2-3-4-5-6-7-8-9-10-11-12-13-14-15-16-17-23(26)31-22(20-25)21-30-32(27,28)29-19-18-24/h11-12,14-15,22,25H,2-10,13,16-21,24H2,1H3,(H,27,28)/b12-11-,15-14-. The lowest BCUT2D eigenvalue weighted by molar-refractivity contribution is -0.153.